The summed E-state index contributed by atoms with van der Waals surface area (Å²) in [5, 5.41) is 25.9. The van der Waals surface area contributed by atoms with Gasteiger partial charge in [0.15, 0.2) is 11.9 Å². The highest BCUT2D eigenvalue weighted by Gasteiger charge is 2.27. The second kappa shape index (κ2) is 9.43. The Labute approximate surface area is 157 Å². The summed E-state index contributed by atoms with van der Waals surface area (Å²) < 4.78 is 5.06. The molecule has 9 N–H and O–H groups in total. The van der Waals surface area contributed by atoms with Crippen molar-refractivity contribution >= 4 is 17.9 Å². The fourth-order valence-electron chi connectivity index (χ4n) is 2.21. The largest absolute Gasteiger partial charge is 0.480 e. The number of hydrogen-bond acceptors (Lipinski definition) is 9. The summed E-state index contributed by atoms with van der Waals surface area (Å²) in [5.41, 5.74) is 11.9. The number of aliphatic hydroxyl groups is 1. The molecule has 2 rings (SSSR count). The maximum atomic E-state index is 12.0. The van der Waals surface area contributed by atoms with Gasteiger partial charge in [-0.2, -0.15) is 4.98 Å². The zero-order valence-corrected chi connectivity index (χ0v) is 14.5. The molecule has 14 nitrogen and oxygen atoms in total. The Bertz CT molecular complexity index is 807. The van der Waals surface area contributed by atoms with E-state index in [1.54, 1.807) is 6.20 Å². The number of aliphatic hydroxyl groups excluding tert-OH is 1. The molecule has 2 aromatic heterocycles. The normalized spacial score (nSPS) is 14.1. The van der Waals surface area contributed by atoms with Crippen molar-refractivity contribution in [2.45, 2.75) is 31.0 Å². The predicted molar refractivity (Wildman–Crippen MR) is 90.2 cm³/mol. The molecule has 0 saturated carbocycles. The zero-order valence-electron chi connectivity index (χ0n) is 14.5. The first-order valence-corrected chi connectivity index (χ1v) is 8.05. The lowest BCUT2D eigenvalue weighted by molar-refractivity contribution is -0.140. The van der Waals surface area contributed by atoms with E-state index in [4.69, 9.17) is 26.2 Å². The van der Waals surface area contributed by atoms with Gasteiger partial charge >= 0.3 is 12.0 Å². The maximum Gasteiger partial charge on any atom is 0.328 e. The van der Waals surface area contributed by atoms with Crippen molar-refractivity contribution in [1.29, 1.82) is 0 Å². The quantitative estimate of drug-likeness (QED) is 0.226. The van der Waals surface area contributed by atoms with Gasteiger partial charge in [-0.05, 0) is 0 Å². The van der Waals surface area contributed by atoms with Crippen LogP contribution in [0.3, 0.4) is 0 Å². The summed E-state index contributed by atoms with van der Waals surface area (Å²) in [6.45, 7) is -0.823. The third-order valence-corrected chi connectivity index (χ3v) is 3.58. The lowest BCUT2D eigenvalue weighted by Crippen LogP contribution is -2.49. The fourth-order valence-corrected chi connectivity index (χ4v) is 2.21. The Kier molecular flexibility index (Phi) is 7.00. The number of carbonyl (C=O) groups excluding carboxylic acids is 2. The van der Waals surface area contributed by atoms with E-state index < -0.39 is 42.6 Å². The molecule has 0 spiro atoms. The van der Waals surface area contributed by atoms with Crippen LogP contribution in [0.1, 0.15) is 35.9 Å². The van der Waals surface area contributed by atoms with Crippen molar-refractivity contribution in [3.8, 4) is 0 Å². The Morgan fingerprint density at radius 1 is 1.32 bits per heavy atom. The van der Waals surface area contributed by atoms with Gasteiger partial charge in [0.1, 0.15) is 6.04 Å². The standard InChI is InChI=1S/C14H20N8O6/c15-7(1-6-3-17-5-18-6)11-21-12(28-22-11)8(2-10(16)24)19-14(27)20-9(4-23)13(25)26/h3,5,7-9,23H,1-2,4,15H2,(H2,16,24)(H,17,18)(H,25,26)(H2,19,20,27)/t7-,8-,9-/m0/s1. The number of hydrogen-bond donors (Lipinski definition) is 7. The van der Waals surface area contributed by atoms with E-state index >= 15 is 0 Å². The average Bonchev–Trinajstić information content (AvgIpc) is 3.30. The number of carboxylic acids is 1. The van der Waals surface area contributed by atoms with Crippen LogP contribution < -0.4 is 22.1 Å². The maximum absolute atomic E-state index is 12.0. The second-order valence-corrected chi connectivity index (χ2v) is 5.79. The van der Waals surface area contributed by atoms with E-state index in [0.29, 0.717) is 6.42 Å². The van der Waals surface area contributed by atoms with E-state index in [2.05, 4.69) is 25.4 Å². The molecule has 3 amide bonds. The molecule has 152 valence electrons. The molecule has 0 fully saturated rings. The minimum atomic E-state index is -1.53. The molecule has 0 radical (unpaired) electrons. The van der Waals surface area contributed by atoms with Gasteiger partial charge in [0.2, 0.25) is 11.8 Å². The summed E-state index contributed by atoms with van der Waals surface area (Å²) in [6.07, 6.45) is 3.03. The predicted octanol–water partition coefficient (Wildman–Crippen LogP) is -2.30. The number of nitrogens with two attached hydrogens (primary N) is 2. The molecule has 0 unspecified atom stereocenters. The number of imidazole rings is 1. The number of aliphatic carboxylic acids is 1. The minimum absolute atomic E-state index is 0.125. The Morgan fingerprint density at radius 2 is 2.07 bits per heavy atom. The number of H-pyrrole nitrogens is 1. The van der Waals surface area contributed by atoms with E-state index in [1.807, 2.05) is 5.32 Å². The van der Waals surface area contributed by atoms with Gasteiger partial charge in [-0.25, -0.2) is 14.6 Å². The molecule has 0 bridgehead atoms. The molecular formula is C14H20N8O6. The number of amides is 3. The molecule has 2 aromatic rings. The van der Waals surface area contributed by atoms with Crippen LogP contribution in [0.25, 0.3) is 0 Å². The SMILES string of the molecule is NC(=O)C[C@H](NC(=O)N[C@@H](CO)C(=O)O)c1nc([C@@H](N)Cc2cnc[nH]2)no1. The molecule has 0 saturated heterocycles. The summed E-state index contributed by atoms with van der Waals surface area (Å²) >= 11 is 0. The number of carboxylic acid groups (broad SMARTS) is 1. The van der Waals surface area contributed by atoms with Crippen LogP contribution in [0.4, 0.5) is 4.79 Å². The highest BCUT2D eigenvalue weighted by Crippen LogP contribution is 2.18. The summed E-state index contributed by atoms with van der Waals surface area (Å²) in [7, 11) is 0. The van der Waals surface area contributed by atoms with E-state index in [9.17, 15) is 14.4 Å². The number of aromatic amines is 1. The van der Waals surface area contributed by atoms with Crippen LogP contribution in [0, 0.1) is 0 Å². The van der Waals surface area contributed by atoms with E-state index in [-0.39, 0.29) is 18.1 Å². The van der Waals surface area contributed by atoms with Crippen molar-refractivity contribution in [2.75, 3.05) is 6.61 Å². The Hall–Kier alpha value is -3.52. The number of urea groups is 1. The third-order valence-electron chi connectivity index (χ3n) is 3.58. The Balaban J connectivity index is 2.08. The molecular weight excluding hydrogens is 376 g/mol. The van der Waals surface area contributed by atoms with Crippen LogP contribution in [0.15, 0.2) is 17.0 Å². The molecule has 0 aromatic carbocycles. The van der Waals surface area contributed by atoms with Gasteiger partial charge in [-0.1, -0.05) is 5.16 Å². The number of aromatic nitrogens is 4. The van der Waals surface area contributed by atoms with Crippen LogP contribution in [-0.4, -0.2) is 60.9 Å². The average molecular weight is 396 g/mol. The first kappa shape index (κ1) is 20.8. The second-order valence-electron chi connectivity index (χ2n) is 5.79. The van der Waals surface area contributed by atoms with Crippen molar-refractivity contribution in [3.63, 3.8) is 0 Å². The van der Waals surface area contributed by atoms with Crippen LogP contribution in [0.2, 0.25) is 0 Å². The monoisotopic (exact) mass is 396 g/mol. The zero-order chi connectivity index (χ0) is 20.7. The summed E-state index contributed by atoms with van der Waals surface area (Å²) in [4.78, 5) is 45.0. The van der Waals surface area contributed by atoms with Crippen molar-refractivity contribution in [3.05, 3.63) is 29.9 Å². The van der Waals surface area contributed by atoms with Crippen molar-refractivity contribution in [1.82, 2.24) is 30.7 Å². The first-order chi connectivity index (χ1) is 13.3. The highest BCUT2D eigenvalue weighted by molar-refractivity contribution is 5.83. The lowest BCUT2D eigenvalue weighted by atomic mass is 10.1. The number of carbonyl (C=O) groups is 3. The number of primary amides is 1. The van der Waals surface area contributed by atoms with Gasteiger partial charge in [0.25, 0.3) is 0 Å². The van der Waals surface area contributed by atoms with Gasteiger partial charge in [0, 0.05) is 18.3 Å². The summed E-state index contributed by atoms with van der Waals surface area (Å²) in [6, 6.07) is -4.28. The van der Waals surface area contributed by atoms with Gasteiger partial charge in [-0.15, -0.1) is 0 Å². The number of rotatable bonds is 10. The molecule has 2 heterocycles. The Morgan fingerprint density at radius 3 is 2.64 bits per heavy atom. The first-order valence-electron chi connectivity index (χ1n) is 8.05. The topological polar surface area (TPSA) is 235 Å². The molecule has 0 aliphatic carbocycles. The van der Waals surface area contributed by atoms with Gasteiger partial charge in [0.05, 0.1) is 25.4 Å². The number of nitrogens with zero attached hydrogens (tertiary/aromatic N) is 3. The highest BCUT2D eigenvalue weighted by atomic mass is 16.5. The third kappa shape index (κ3) is 5.75. The lowest BCUT2D eigenvalue weighted by Gasteiger charge is -2.16. The number of nitrogens with one attached hydrogen (secondary N) is 3. The minimum Gasteiger partial charge on any atom is -0.480 e. The van der Waals surface area contributed by atoms with E-state index in [1.165, 1.54) is 6.33 Å². The summed E-state index contributed by atoms with van der Waals surface area (Å²) in [5.74, 6) is -2.22. The molecule has 28 heavy (non-hydrogen) atoms. The van der Waals surface area contributed by atoms with Crippen LogP contribution in [-0.2, 0) is 16.0 Å². The molecule has 14 heteroatoms. The molecule has 0 aliphatic heterocycles. The van der Waals surface area contributed by atoms with Gasteiger partial charge in [-0.3, -0.25) is 4.79 Å². The van der Waals surface area contributed by atoms with Crippen LogP contribution in [0.5, 0.6) is 0 Å². The van der Waals surface area contributed by atoms with Crippen molar-refractivity contribution in [2.24, 2.45) is 11.5 Å². The molecule has 3 atom stereocenters. The van der Waals surface area contributed by atoms with E-state index in [0.717, 1.165) is 5.69 Å². The molecule has 0 aliphatic rings. The van der Waals surface area contributed by atoms with Crippen molar-refractivity contribution < 1.29 is 29.1 Å². The van der Waals surface area contributed by atoms with Gasteiger partial charge < -0.3 is 41.8 Å². The van der Waals surface area contributed by atoms with Crippen LogP contribution >= 0.6 is 0 Å². The smallest absolute Gasteiger partial charge is 0.328 e. The fraction of sp³-hybridized carbons (Fsp3) is 0.429.